The van der Waals surface area contributed by atoms with Crippen molar-refractivity contribution in [3.8, 4) is 0 Å². The molecular formula is C22H26N6O3. The van der Waals surface area contributed by atoms with Gasteiger partial charge in [-0.15, -0.1) is 0 Å². The third-order valence-electron chi connectivity index (χ3n) is 6.44. The Balaban J connectivity index is 1.33. The Morgan fingerprint density at radius 1 is 1.19 bits per heavy atom. The van der Waals surface area contributed by atoms with E-state index in [0.29, 0.717) is 18.5 Å². The van der Waals surface area contributed by atoms with Gasteiger partial charge in [0, 0.05) is 63.5 Å². The highest BCUT2D eigenvalue weighted by atomic mass is 16.2. The van der Waals surface area contributed by atoms with Crippen molar-refractivity contribution in [3.05, 3.63) is 52.8 Å². The van der Waals surface area contributed by atoms with Gasteiger partial charge in [-0.1, -0.05) is 12.1 Å². The second-order valence-corrected chi connectivity index (χ2v) is 8.53. The van der Waals surface area contributed by atoms with E-state index < -0.39 is 6.04 Å². The smallest absolute Gasteiger partial charge is 0.255 e. The fourth-order valence-corrected chi connectivity index (χ4v) is 4.84. The predicted octanol–water partition coefficient (Wildman–Crippen LogP) is 0.328. The van der Waals surface area contributed by atoms with E-state index in [4.69, 9.17) is 0 Å². The van der Waals surface area contributed by atoms with Gasteiger partial charge in [-0.3, -0.25) is 29.3 Å². The van der Waals surface area contributed by atoms with Crippen LogP contribution in [0.5, 0.6) is 0 Å². The summed E-state index contributed by atoms with van der Waals surface area (Å²) in [5, 5.41) is 10.1. The van der Waals surface area contributed by atoms with Crippen LogP contribution < -0.4 is 10.6 Å². The zero-order valence-corrected chi connectivity index (χ0v) is 17.5. The first kappa shape index (κ1) is 19.9. The minimum Gasteiger partial charge on any atom is -0.322 e. The molecule has 4 heterocycles. The molecule has 5 rings (SSSR count). The number of amides is 3. The number of aryl methyl sites for hydroxylation is 1. The molecule has 162 valence electrons. The van der Waals surface area contributed by atoms with Crippen LogP contribution in [0, 0.1) is 0 Å². The molecule has 2 saturated heterocycles. The maximum absolute atomic E-state index is 12.9. The van der Waals surface area contributed by atoms with Crippen molar-refractivity contribution < 1.29 is 14.4 Å². The molecule has 0 spiro atoms. The van der Waals surface area contributed by atoms with Gasteiger partial charge in [0.05, 0.1) is 12.2 Å². The molecule has 3 aliphatic rings. The van der Waals surface area contributed by atoms with Gasteiger partial charge in [0.15, 0.2) is 0 Å². The van der Waals surface area contributed by atoms with Gasteiger partial charge in [-0.2, -0.15) is 5.10 Å². The van der Waals surface area contributed by atoms with E-state index >= 15 is 0 Å². The van der Waals surface area contributed by atoms with Crippen molar-refractivity contribution in [2.45, 2.75) is 38.0 Å². The molecule has 31 heavy (non-hydrogen) atoms. The number of hydrogen-bond donors (Lipinski definition) is 2. The van der Waals surface area contributed by atoms with Crippen molar-refractivity contribution >= 4 is 17.7 Å². The summed E-state index contributed by atoms with van der Waals surface area (Å²) in [6, 6.07) is 5.63. The molecule has 3 aliphatic heterocycles. The molecule has 0 radical (unpaired) electrons. The lowest BCUT2D eigenvalue weighted by Crippen LogP contribution is -2.52. The quantitative estimate of drug-likeness (QED) is 0.689. The Morgan fingerprint density at radius 2 is 2.06 bits per heavy atom. The number of aromatic nitrogens is 2. The molecule has 0 saturated carbocycles. The van der Waals surface area contributed by atoms with E-state index in [0.717, 1.165) is 37.3 Å². The molecule has 1 aromatic carbocycles. The van der Waals surface area contributed by atoms with Crippen LogP contribution in [0.4, 0.5) is 0 Å². The summed E-state index contributed by atoms with van der Waals surface area (Å²) in [5.41, 5.74) is 3.93. The van der Waals surface area contributed by atoms with Crippen LogP contribution in [0.1, 0.15) is 45.9 Å². The van der Waals surface area contributed by atoms with Gasteiger partial charge in [0.2, 0.25) is 11.8 Å². The first-order valence-electron chi connectivity index (χ1n) is 10.7. The van der Waals surface area contributed by atoms with E-state index in [9.17, 15) is 14.4 Å². The van der Waals surface area contributed by atoms with Crippen LogP contribution in [0.2, 0.25) is 0 Å². The minimum absolute atomic E-state index is 0.133. The first-order valence-corrected chi connectivity index (χ1v) is 10.7. The Kier molecular flexibility index (Phi) is 5.07. The summed E-state index contributed by atoms with van der Waals surface area (Å²) in [6.45, 7) is 3.92. The number of carbonyl (C=O) groups is 3. The zero-order chi connectivity index (χ0) is 21.5. The van der Waals surface area contributed by atoms with Gasteiger partial charge >= 0.3 is 0 Å². The summed E-state index contributed by atoms with van der Waals surface area (Å²) in [5.74, 6) is -0.781. The molecule has 2 atom stereocenters. The van der Waals surface area contributed by atoms with Gasteiger partial charge in [0.25, 0.3) is 5.91 Å². The Labute approximate surface area is 180 Å². The molecule has 1 aromatic heterocycles. The number of imide groups is 1. The number of benzene rings is 1. The molecule has 3 amide bonds. The highest BCUT2D eigenvalue weighted by Crippen LogP contribution is 2.30. The summed E-state index contributed by atoms with van der Waals surface area (Å²) < 4.78 is 1.83. The van der Waals surface area contributed by atoms with Crippen LogP contribution in [0.25, 0.3) is 0 Å². The molecule has 2 fully saturated rings. The third kappa shape index (κ3) is 3.75. The Hall–Kier alpha value is -3.04. The SMILES string of the molecule is Cn1cc(C2CNCCN2Cc2ccc3c(c2)CN(C2CCC(=O)NC2=O)C3=O)cn1. The summed E-state index contributed by atoms with van der Waals surface area (Å²) in [6.07, 6.45) is 4.62. The highest BCUT2D eigenvalue weighted by Gasteiger charge is 2.39. The number of nitrogens with zero attached hydrogens (tertiary/aromatic N) is 4. The maximum atomic E-state index is 12.9. The molecule has 0 bridgehead atoms. The first-order chi connectivity index (χ1) is 15.0. The molecule has 2 aromatic rings. The fourth-order valence-electron chi connectivity index (χ4n) is 4.84. The third-order valence-corrected chi connectivity index (χ3v) is 6.44. The highest BCUT2D eigenvalue weighted by molar-refractivity contribution is 6.05. The maximum Gasteiger partial charge on any atom is 0.255 e. The Morgan fingerprint density at radius 3 is 2.84 bits per heavy atom. The minimum atomic E-state index is -0.579. The average molecular weight is 422 g/mol. The lowest BCUT2D eigenvalue weighted by Gasteiger charge is -2.35. The average Bonchev–Trinajstić information content (AvgIpc) is 3.32. The summed E-state index contributed by atoms with van der Waals surface area (Å²) in [4.78, 5) is 40.6. The number of fused-ring (bicyclic) bond motifs is 1. The summed E-state index contributed by atoms with van der Waals surface area (Å²) >= 11 is 0. The largest absolute Gasteiger partial charge is 0.322 e. The van der Waals surface area contributed by atoms with E-state index in [1.807, 2.05) is 30.1 Å². The number of hydrogen-bond acceptors (Lipinski definition) is 6. The van der Waals surface area contributed by atoms with Crippen LogP contribution in [0.3, 0.4) is 0 Å². The number of carbonyl (C=O) groups excluding carboxylic acids is 3. The predicted molar refractivity (Wildman–Crippen MR) is 112 cm³/mol. The van der Waals surface area contributed by atoms with Gasteiger partial charge in [-0.25, -0.2) is 0 Å². The molecule has 9 heteroatoms. The second kappa shape index (κ2) is 7.90. The van der Waals surface area contributed by atoms with Crippen LogP contribution >= 0.6 is 0 Å². The van der Waals surface area contributed by atoms with Crippen molar-refractivity contribution in [3.63, 3.8) is 0 Å². The van der Waals surface area contributed by atoms with Gasteiger partial charge in [-0.05, 0) is 23.6 Å². The Bertz CT molecular complexity index is 1050. The van der Waals surface area contributed by atoms with Crippen LogP contribution in [-0.4, -0.2) is 63.0 Å². The van der Waals surface area contributed by atoms with Crippen molar-refractivity contribution in [1.29, 1.82) is 0 Å². The van der Waals surface area contributed by atoms with Gasteiger partial charge < -0.3 is 10.2 Å². The van der Waals surface area contributed by atoms with Crippen molar-refractivity contribution in [2.24, 2.45) is 7.05 Å². The molecule has 2 N–H and O–H groups in total. The number of rotatable bonds is 4. The zero-order valence-electron chi connectivity index (χ0n) is 17.5. The molecule has 2 unspecified atom stereocenters. The monoisotopic (exact) mass is 422 g/mol. The lowest BCUT2D eigenvalue weighted by atomic mass is 10.0. The number of piperazine rings is 1. The van der Waals surface area contributed by atoms with E-state index in [-0.39, 0.29) is 30.2 Å². The summed E-state index contributed by atoms with van der Waals surface area (Å²) in [7, 11) is 1.93. The molecular weight excluding hydrogens is 396 g/mol. The van der Waals surface area contributed by atoms with Gasteiger partial charge in [0.1, 0.15) is 6.04 Å². The van der Waals surface area contributed by atoms with Crippen molar-refractivity contribution in [2.75, 3.05) is 19.6 Å². The number of nitrogens with one attached hydrogen (secondary N) is 2. The molecule has 9 nitrogen and oxygen atoms in total. The molecule has 0 aliphatic carbocycles. The second-order valence-electron chi connectivity index (χ2n) is 8.53. The standard InChI is InChI=1S/C22H26N6O3/c1-26-12-16(9-24-26)19-10-23-6-7-27(19)11-14-2-3-17-15(8-14)13-28(22(17)31)18-4-5-20(29)25-21(18)30/h2-3,8-9,12,18-19,23H,4-7,10-11,13H2,1H3,(H,25,29,30). The van der Waals surface area contributed by atoms with Crippen molar-refractivity contribution in [1.82, 2.24) is 30.2 Å². The lowest BCUT2D eigenvalue weighted by molar-refractivity contribution is -0.136. The van der Waals surface area contributed by atoms with E-state index in [1.54, 1.807) is 4.90 Å². The normalized spacial score (nSPS) is 24.4. The van der Waals surface area contributed by atoms with Crippen LogP contribution in [-0.2, 0) is 29.7 Å². The van der Waals surface area contributed by atoms with E-state index in [1.165, 1.54) is 5.56 Å². The van der Waals surface area contributed by atoms with E-state index in [2.05, 4.69) is 32.9 Å². The number of piperidine rings is 1. The van der Waals surface area contributed by atoms with Crippen LogP contribution in [0.15, 0.2) is 30.6 Å². The fraction of sp³-hybridized carbons (Fsp3) is 0.455. The topological polar surface area (TPSA) is 99.6 Å².